The first-order valence-corrected chi connectivity index (χ1v) is 7.41. The molecule has 4 nitrogen and oxygen atoms in total. The summed E-state index contributed by atoms with van der Waals surface area (Å²) in [6.07, 6.45) is 2.18. The van der Waals surface area contributed by atoms with Gasteiger partial charge in [-0.2, -0.15) is 0 Å². The zero-order chi connectivity index (χ0) is 13.4. The van der Waals surface area contributed by atoms with E-state index in [9.17, 15) is 4.79 Å². The fourth-order valence-corrected chi connectivity index (χ4v) is 2.61. The second-order valence-electron chi connectivity index (χ2n) is 4.63. The van der Waals surface area contributed by atoms with Crippen molar-refractivity contribution in [1.82, 2.24) is 10.3 Å². The first-order chi connectivity index (χ1) is 9.11. The summed E-state index contributed by atoms with van der Waals surface area (Å²) in [5.74, 6) is 0.0350. The SMILES string of the molecule is CC(Sc1nc2cc(Cl)ccc2o1)C(=O)NC1CC1. The van der Waals surface area contributed by atoms with Crippen LogP contribution in [0.25, 0.3) is 11.1 Å². The summed E-state index contributed by atoms with van der Waals surface area (Å²) in [5, 5.41) is 3.87. The number of thioether (sulfide) groups is 1. The molecule has 1 amide bonds. The Morgan fingerprint density at radius 1 is 1.58 bits per heavy atom. The van der Waals surface area contributed by atoms with Crippen molar-refractivity contribution in [1.29, 1.82) is 0 Å². The number of amides is 1. The highest BCUT2D eigenvalue weighted by molar-refractivity contribution is 8.00. The summed E-state index contributed by atoms with van der Waals surface area (Å²) in [7, 11) is 0. The highest BCUT2D eigenvalue weighted by Crippen LogP contribution is 2.29. The molecular weight excluding hydrogens is 284 g/mol. The normalized spacial score (nSPS) is 16.5. The smallest absolute Gasteiger partial charge is 0.257 e. The highest BCUT2D eigenvalue weighted by Gasteiger charge is 2.26. The third kappa shape index (κ3) is 3.04. The van der Waals surface area contributed by atoms with Crippen molar-refractivity contribution >= 4 is 40.4 Å². The maximum Gasteiger partial charge on any atom is 0.257 e. The van der Waals surface area contributed by atoms with E-state index in [0.29, 0.717) is 27.4 Å². The first kappa shape index (κ1) is 12.8. The van der Waals surface area contributed by atoms with Crippen LogP contribution in [0, 0.1) is 0 Å². The largest absolute Gasteiger partial charge is 0.431 e. The Bertz CT molecular complexity index is 624. The summed E-state index contributed by atoms with van der Waals surface area (Å²) >= 11 is 7.22. The van der Waals surface area contributed by atoms with Crippen molar-refractivity contribution in [3.63, 3.8) is 0 Å². The maximum absolute atomic E-state index is 11.8. The molecule has 0 bridgehead atoms. The van der Waals surface area contributed by atoms with Gasteiger partial charge in [-0.3, -0.25) is 4.79 Å². The monoisotopic (exact) mass is 296 g/mol. The molecule has 1 saturated carbocycles. The van der Waals surface area contributed by atoms with E-state index in [1.807, 2.05) is 6.92 Å². The van der Waals surface area contributed by atoms with Gasteiger partial charge in [0.15, 0.2) is 5.58 Å². The highest BCUT2D eigenvalue weighted by atomic mass is 35.5. The van der Waals surface area contributed by atoms with Crippen LogP contribution >= 0.6 is 23.4 Å². The Morgan fingerprint density at radius 2 is 2.37 bits per heavy atom. The standard InChI is InChI=1S/C13H13ClN2O2S/c1-7(12(17)15-9-3-4-9)19-13-16-10-6-8(14)2-5-11(10)18-13/h2,5-7,9H,3-4H2,1H3,(H,15,17). The van der Waals surface area contributed by atoms with Crippen LogP contribution in [0.15, 0.2) is 27.8 Å². The molecule has 19 heavy (non-hydrogen) atoms. The molecule has 0 spiro atoms. The van der Waals surface area contributed by atoms with Crippen LogP contribution in [0.5, 0.6) is 0 Å². The van der Waals surface area contributed by atoms with E-state index in [-0.39, 0.29) is 11.2 Å². The lowest BCUT2D eigenvalue weighted by atomic mass is 10.3. The van der Waals surface area contributed by atoms with E-state index in [4.69, 9.17) is 16.0 Å². The number of hydrogen-bond acceptors (Lipinski definition) is 4. The second kappa shape index (κ2) is 5.06. The average molecular weight is 297 g/mol. The summed E-state index contributed by atoms with van der Waals surface area (Å²) in [4.78, 5) is 16.2. The number of aromatic nitrogens is 1. The fraction of sp³-hybridized carbons (Fsp3) is 0.385. The van der Waals surface area contributed by atoms with E-state index >= 15 is 0 Å². The zero-order valence-corrected chi connectivity index (χ0v) is 11.9. The predicted molar refractivity (Wildman–Crippen MR) is 75.5 cm³/mol. The fourth-order valence-electron chi connectivity index (χ4n) is 1.68. The van der Waals surface area contributed by atoms with Gasteiger partial charge in [-0.05, 0) is 38.0 Å². The van der Waals surface area contributed by atoms with E-state index in [1.165, 1.54) is 11.8 Å². The number of nitrogens with one attached hydrogen (secondary N) is 1. The number of nitrogens with zero attached hydrogens (tertiary/aromatic N) is 1. The number of carbonyl (C=O) groups excluding carboxylic acids is 1. The molecule has 3 rings (SSSR count). The Kier molecular flexibility index (Phi) is 3.41. The van der Waals surface area contributed by atoms with Gasteiger partial charge < -0.3 is 9.73 Å². The summed E-state index contributed by atoms with van der Waals surface area (Å²) in [5.41, 5.74) is 1.39. The Morgan fingerprint density at radius 3 is 3.11 bits per heavy atom. The van der Waals surface area contributed by atoms with Crippen LogP contribution < -0.4 is 5.32 Å². The van der Waals surface area contributed by atoms with Crippen LogP contribution in [0.4, 0.5) is 0 Å². The molecular formula is C13H13ClN2O2S. The molecule has 1 N–H and O–H groups in total. The Balaban J connectivity index is 1.71. The summed E-state index contributed by atoms with van der Waals surface area (Å²) in [6, 6.07) is 5.66. The molecule has 1 heterocycles. The minimum absolute atomic E-state index is 0.0350. The van der Waals surface area contributed by atoms with Gasteiger partial charge in [-0.15, -0.1) is 0 Å². The van der Waals surface area contributed by atoms with Crippen LogP contribution in [0.3, 0.4) is 0 Å². The predicted octanol–water partition coefficient (Wildman–Crippen LogP) is 3.24. The number of halogens is 1. The van der Waals surface area contributed by atoms with E-state index < -0.39 is 0 Å². The van der Waals surface area contributed by atoms with E-state index in [2.05, 4.69) is 10.3 Å². The average Bonchev–Trinajstić information content (AvgIpc) is 3.08. The molecule has 1 fully saturated rings. The lowest BCUT2D eigenvalue weighted by Gasteiger charge is -2.08. The molecule has 2 aromatic rings. The van der Waals surface area contributed by atoms with Gasteiger partial charge in [0, 0.05) is 11.1 Å². The second-order valence-corrected chi connectivity index (χ2v) is 6.36. The number of carbonyl (C=O) groups is 1. The number of rotatable bonds is 4. The van der Waals surface area contributed by atoms with Crippen molar-refractivity contribution in [3.8, 4) is 0 Å². The van der Waals surface area contributed by atoms with Crippen LogP contribution in [0.2, 0.25) is 5.02 Å². The molecule has 1 unspecified atom stereocenters. The van der Waals surface area contributed by atoms with Gasteiger partial charge in [0.2, 0.25) is 5.91 Å². The third-order valence-electron chi connectivity index (χ3n) is 2.90. The van der Waals surface area contributed by atoms with Crippen LogP contribution in [-0.2, 0) is 4.79 Å². The Labute approximate surface area is 119 Å². The van der Waals surface area contributed by atoms with Gasteiger partial charge in [-0.25, -0.2) is 4.98 Å². The topological polar surface area (TPSA) is 55.1 Å². The van der Waals surface area contributed by atoms with E-state index in [0.717, 1.165) is 12.8 Å². The molecule has 1 aliphatic carbocycles. The molecule has 0 aliphatic heterocycles. The van der Waals surface area contributed by atoms with Gasteiger partial charge in [-0.1, -0.05) is 23.4 Å². The lowest BCUT2D eigenvalue weighted by molar-refractivity contribution is -0.120. The minimum atomic E-state index is -0.218. The quantitative estimate of drug-likeness (QED) is 0.880. The number of oxazole rings is 1. The summed E-state index contributed by atoms with van der Waals surface area (Å²) in [6.45, 7) is 1.85. The number of hydrogen-bond donors (Lipinski definition) is 1. The van der Waals surface area contributed by atoms with Gasteiger partial charge in [0.05, 0.1) is 5.25 Å². The molecule has 1 atom stereocenters. The molecule has 6 heteroatoms. The van der Waals surface area contributed by atoms with Crippen molar-refractivity contribution in [2.24, 2.45) is 0 Å². The molecule has 1 aromatic heterocycles. The van der Waals surface area contributed by atoms with Gasteiger partial charge in [0.1, 0.15) is 5.52 Å². The van der Waals surface area contributed by atoms with Crippen molar-refractivity contribution in [2.75, 3.05) is 0 Å². The third-order valence-corrected chi connectivity index (χ3v) is 4.08. The number of fused-ring (bicyclic) bond motifs is 1. The zero-order valence-electron chi connectivity index (χ0n) is 10.4. The van der Waals surface area contributed by atoms with Gasteiger partial charge >= 0.3 is 0 Å². The molecule has 0 radical (unpaired) electrons. The number of benzene rings is 1. The molecule has 100 valence electrons. The van der Waals surface area contributed by atoms with Crippen molar-refractivity contribution in [2.45, 2.75) is 36.3 Å². The molecule has 1 aliphatic rings. The van der Waals surface area contributed by atoms with Crippen molar-refractivity contribution < 1.29 is 9.21 Å². The minimum Gasteiger partial charge on any atom is -0.431 e. The molecule has 0 saturated heterocycles. The van der Waals surface area contributed by atoms with Crippen LogP contribution in [-0.4, -0.2) is 22.2 Å². The first-order valence-electron chi connectivity index (χ1n) is 6.15. The molecule has 1 aromatic carbocycles. The Hall–Kier alpha value is -1.20. The summed E-state index contributed by atoms with van der Waals surface area (Å²) < 4.78 is 5.58. The van der Waals surface area contributed by atoms with Gasteiger partial charge in [0.25, 0.3) is 5.22 Å². The van der Waals surface area contributed by atoms with Crippen LogP contribution in [0.1, 0.15) is 19.8 Å². The lowest BCUT2D eigenvalue weighted by Crippen LogP contribution is -2.32. The maximum atomic E-state index is 11.8. The van der Waals surface area contributed by atoms with Crippen molar-refractivity contribution in [3.05, 3.63) is 23.2 Å². The van der Waals surface area contributed by atoms with E-state index in [1.54, 1.807) is 18.2 Å².